The van der Waals surface area contributed by atoms with Gasteiger partial charge in [-0.1, -0.05) is 11.6 Å². The fourth-order valence-corrected chi connectivity index (χ4v) is 3.16. The van der Waals surface area contributed by atoms with Gasteiger partial charge in [-0.3, -0.25) is 4.79 Å². The fourth-order valence-electron chi connectivity index (χ4n) is 2.51. The van der Waals surface area contributed by atoms with Crippen LogP contribution in [0.4, 0.5) is 10.5 Å². The maximum absolute atomic E-state index is 12.7. The minimum Gasteiger partial charge on any atom is -0.496 e. The summed E-state index contributed by atoms with van der Waals surface area (Å²) in [6.45, 7) is 0. The van der Waals surface area contributed by atoms with E-state index in [2.05, 4.69) is 21.2 Å². The van der Waals surface area contributed by atoms with E-state index in [9.17, 15) is 9.59 Å². The molecule has 0 aromatic heterocycles. The molecular weight excluding hydrogens is 424 g/mol. The monoisotopic (exact) mass is 436 g/mol. The third-order valence-corrected chi connectivity index (χ3v) is 4.64. The number of anilines is 1. The smallest absolute Gasteiger partial charge is 0.333 e. The number of urea groups is 1. The number of benzene rings is 2. The summed E-state index contributed by atoms with van der Waals surface area (Å²) in [6, 6.07) is 9.34. The van der Waals surface area contributed by atoms with Crippen molar-refractivity contribution in [3.8, 4) is 11.5 Å². The molecule has 2 aromatic rings. The van der Waals surface area contributed by atoms with Gasteiger partial charge in [0.2, 0.25) is 0 Å². The van der Waals surface area contributed by atoms with Crippen molar-refractivity contribution in [2.75, 3.05) is 19.1 Å². The van der Waals surface area contributed by atoms with Gasteiger partial charge in [-0.2, -0.15) is 0 Å². The van der Waals surface area contributed by atoms with Gasteiger partial charge >= 0.3 is 6.03 Å². The predicted octanol–water partition coefficient (Wildman–Crippen LogP) is 4.22. The highest BCUT2D eigenvalue weighted by Crippen LogP contribution is 2.34. The molecule has 0 saturated carbocycles. The highest BCUT2D eigenvalue weighted by Gasteiger charge is 2.35. The number of ether oxygens (including phenoxy) is 2. The van der Waals surface area contributed by atoms with Gasteiger partial charge < -0.3 is 14.8 Å². The lowest BCUT2D eigenvalue weighted by Gasteiger charge is -2.11. The molecule has 0 unspecified atom stereocenters. The van der Waals surface area contributed by atoms with Crippen LogP contribution in [0, 0.1) is 0 Å². The van der Waals surface area contributed by atoms with Crippen molar-refractivity contribution in [1.82, 2.24) is 5.32 Å². The highest BCUT2D eigenvalue weighted by atomic mass is 79.9. The second kappa shape index (κ2) is 7.39. The molecule has 1 aliphatic heterocycles. The van der Waals surface area contributed by atoms with Crippen LogP contribution in [0.25, 0.3) is 6.08 Å². The molecule has 0 bridgehead atoms. The van der Waals surface area contributed by atoms with E-state index in [0.29, 0.717) is 32.2 Å². The summed E-state index contributed by atoms with van der Waals surface area (Å²) in [4.78, 5) is 26.0. The first-order valence-corrected chi connectivity index (χ1v) is 8.66. The molecule has 0 aliphatic carbocycles. The van der Waals surface area contributed by atoms with Crippen LogP contribution >= 0.6 is 27.5 Å². The standard InChI is InChI=1S/C18H14BrClN2O4/c1-25-15-9-16(26-2)13(19)7-10(15)8-14-17(23)22(18(24)21-14)12-5-3-11(20)4-6-12/h3-9H,1-2H3,(H,21,24)/b14-8+. The van der Waals surface area contributed by atoms with E-state index in [1.165, 1.54) is 7.11 Å². The van der Waals surface area contributed by atoms with Gasteiger partial charge in [-0.15, -0.1) is 0 Å². The summed E-state index contributed by atoms with van der Waals surface area (Å²) in [5, 5.41) is 3.10. The fraction of sp³-hybridized carbons (Fsp3) is 0.111. The first-order valence-electron chi connectivity index (χ1n) is 7.49. The number of hydrogen-bond donors (Lipinski definition) is 1. The van der Waals surface area contributed by atoms with Crippen molar-refractivity contribution in [3.05, 3.63) is 57.2 Å². The molecule has 1 heterocycles. The lowest BCUT2D eigenvalue weighted by atomic mass is 10.1. The quantitative estimate of drug-likeness (QED) is 0.574. The normalized spacial score (nSPS) is 15.4. The van der Waals surface area contributed by atoms with Crippen LogP contribution < -0.4 is 19.7 Å². The molecule has 0 radical (unpaired) electrons. The van der Waals surface area contributed by atoms with Gasteiger partial charge in [0.05, 0.1) is 24.4 Å². The molecule has 1 fully saturated rings. The Labute approximate surface area is 163 Å². The largest absolute Gasteiger partial charge is 0.496 e. The third kappa shape index (κ3) is 3.40. The maximum Gasteiger partial charge on any atom is 0.333 e. The number of imide groups is 1. The second-order valence-corrected chi connectivity index (χ2v) is 6.62. The number of halogens is 2. The van der Waals surface area contributed by atoms with E-state index in [0.717, 1.165) is 4.90 Å². The molecule has 8 heteroatoms. The summed E-state index contributed by atoms with van der Waals surface area (Å²) >= 11 is 9.25. The van der Waals surface area contributed by atoms with Gasteiger partial charge in [0.25, 0.3) is 5.91 Å². The number of amides is 3. The maximum atomic E-state index is 12.7. The summed E-state index contributed by atoms with van der Waals surface area (Å²) in [6.07, 6.45) is 1.55. The Bertz CT molecular complexity index is 912. The van der Waals surface area contributed by atoms with Crippen LogP contribution in [0.1, 0.15) is 5.56 Å². The predicted molar refractivity (Wildman–Crippen MR) is 103 cm³/mol. The van der Waals surface area contributed by atoms with Crippen molar-refractivity contribution in [1.29, 1.82) is 0 Å². The minimum absolute atomic E-state index is 0.139. The Morgan fingerprint density at radius 2 is 1.73 bits per heavy atom. The van der Waals surface area contributed by atoms with Crippen LogP contribution in [0.3, 0.4) is 0 Å². The molecule has 26 heavy (non-hydrogen) atoms. The van der Waals surface area contributed by atoms with E-state index in [4.69, 9.17) is 21.1 Å². The zero-order valence-corrected chi connectivity index (χ0v) is 16.2. The molecule has 0 spiro atoms. The molecule has 1 aliphatic rings. The van der Waals surface area contributed by atoms with Gasteiger partial charge in [0.1, 0.15) is 17.2 Å². The molecule has 0 atom stereocenters. The topological polar surface area (TPSA) is 67.9 Å². The Morgan fingerprint density at radius 1 is 1.08 bits per heavy atom. The Morgan fingerprint density at radius 3 is 2.35 bits per heavy atom. The Balaban J connectivity index is 1.98. The van der Waals surface area contributed by atoms with Crippen molar-refractivity contribution in [2.24, 2.45) is 0 Å². The Hall–Kier alpha value is -2.51. The van der Waals surface area contributed by atoms with E-state index >= 15 is 0 Å². The van der Waals surface area contributed by atoms with Crippen LogP contribution in [-0.4, -0.2) is 26.2 Å². The zero-order chi connectivity index (χ0) is 18.8. The van der Waals surface area contributed by atoms with Gasteiger partial charge in [-0.25, -0.2) is 9.69 Å². The number of carbonyl (C=O) groups excluding carboxylic acids is 2. The van der Waals surface area contributed by atoms with Gasteiger partial charge in [0.15, 0.2) is 0 Å². The van der Waals surface area contributed by atoms with Crippen LogP contribution in [-0.2, 0) is 4.79 Å². The summed E-state index contributed by atoms with van der Waals surface area (Å²) in [7, 11) is 3.06. The number of carbonyl (C=O) groups is 2. The van der Waals surface area contributed by atoms with Crippen molar-refractivity contribution >= 4 is 51.2 Å². The highest BCUT2D eigenvalue weighted by molar-refractivity contribution is 9.10. The van der Waals surface area contributed by atoms with Gasteiger partial charge in [-0.05, 0) is 52.3 Å². The molecule has 6 nitrogen and oxygen atoms in total. The number of methoxy groups -OCH3 is 2. The molecule has 3 rings (SSSR count). The average Bonchev–Trinajstić information content (AvgIpc) is 2.90. The van der Waals surface area contributed by atoms with Gasteiger partial charge in [0, 0.05) is 16.7 Å². The Kier molecular flexibility index (Phi) is 5.20. The van der Waals surface area contributed by atoms with Crippen LogP contribution in [0.5, 0.6) is 11.5 Å². The number of nitrogens with zero attached hydrogens (tertiary/aromatic N) is 1. The second-order valence-electron chi connectivity index (χ2n) is 5.33. The summed E-state index contributed by atoms with van der Waals surface area (Å²) in [5.74, 6) is 0.629. The number of hydrogen-bond acceptors (Lipinski definition) is 4. The summed E-state index contributed by atoms with van der Waals surface area (Å²) in [5.41, 5.74) is 1.19. The molecule has 1 saturated heterocycles. The van der Waals surface area contributed by atoms with E-state index < -0.39 is 11.9 Å². The van der Waals surface area contributed by atoms with Crippen LogP contribution in [0.2, 0.25) is 5.02 Å². The molecule has 2 aromatic carbocycles. The van der Waals surface area contributed by atoms with Crippen molar-refractivity contribution < 1.29 is 19.1 Å². The zero-order valence-electron chi connectivity index (χ0n) is 13.9. The van der Waals surface area contributed by atoms with E-state index in [1.54, 1.807) is 49.6 Å². The van der Waals surface area contributed by atoms with E-state index in [1.807, 2.05) is 0 Å². The minimum atomic E-state index is -0.532. The molecular formula is C18H14BrClN2O4. The molecule has 3 amide bonds. The first-order chi connectivity index (χ1) is 12.4. The van der Waals surface area contributed by atoms with Crippen molar-refractivity contribution in [2.45, 2.75) is 0 Å². The lowest BCUT2D eigenvalue weighted by molar-refractivity contribution is -0.113. The summed E-state index contributed by atoms with van der Waals surface area (Å²) < 4.78 is 11.3. The van der Waals surface area contributed by atoms with Crippen LogP contribution in [0.15, 0.2) is 46.6 Å². The SMILES string of the molecule is COc1cc(OC)c(/C=C2/NC(=O)N(c3ccc(Cl)cc3)C2=O)cc1Br. The third-order valence-electron chi connectivity index (χ3n) is 3.77. The number of rotatable bonds is 4. The van der Waals surface area contributed by atoms with Crippen molar-refractivity contribution in [3.63, 3.8) is 0 Å². The first kappa shape index (κ1) is 18.3. The molecule has 1 N–H and O–H groups in total. The van der Waals surface area contributed by atoms with E-state index in [-0.39, 0.29) is 5.70 Å². The molecule has 134 valence electrons. The lowest BCUT2D eigenvalue weighted by Crippen LogP contribution is -2.30. The average molecular weight is 438 g/mol. The number of nitrogens with one attached hydrogen (secondary N) is 1.